The number of urea groups is 1. The van der Waals surface area contributed by atoms with Crippen molar-refractivity contribution in [2.24, 2.45) is 23.2 Å². The van der Waals surface area contributed by atoms with E-state index >= 15 is 0 Å². The minimum absolute atomic E-state index is 0.0135. The Bertz CT molecular complexity index is 1030. The molecule has 1 aromatic rings. The smallest absolute Gasteiger partial charge is 0.320 e. The van der Waals surface area contributed by atoms with Gasteiger partial charge in [0.05, 0.1) is 23.0 Å². The predicted molar refractivity (Wildman–Crippen MR) is 135 cm³/mol. The van der Waals surface area contributed by atoms with Gasteiger partial charge in [-0.1, -0.05) is 30.3 Å². The van der Waals surface area contributed by atoms with Crippen LogP contribution in [0.3, 0.4) is 0 Å². The molecule has 4 aliphatic carbocycles. The summed E-state index contributed by atoms with van der Waals surface area (Å²) < 4.78 is 0. The van der Waals surface area contributed by atoms with Crippen LogP contribution in [0.1, 0.15) is 63.4 Å². The SMILES string of the molecule is N#CC1(c2ccccc2)CCN(C(=O)N2CCC[C@H](NC(=O)C34CC5CC(C3)C(O)C(C5)C4)C2)CC1. The first-order chi connectivity index (χ1) is 17.4. The van der Waals surface area contributed by atoms with Gasteiger partial charge in [-0.05, 0) is 81.1 Å². The number of likely N-dealkylation sites (tertiary alicyclic amines) is 2. The molecule has 6 fully saturated rings. The number of nitrogens with one attached hydrogen (secondary N) is 1. The molecule has 4 bridgehead atoms. The molecule has 7 nitrogen and oxygen atoms in total. The number of nitrogens with zero attached hydrogens (tertiary/aromatic N) is 3. The first-order valence-electron chi connectivity index (χ1n) is 13.9. The number of rotatable bonds is 3. The highest BCUT2D eigenvalue weighted by molar-refractivity contribution is 5.83. The average Bonchev–Trinajstić information content (AvgIpc) is 2.91. The monoisotopic (exact) mass is 490 g/mol. The Morgan fingerprint density at radius 3 is 2.36 bits per heavy atom. The van der Waals surface area contributed by atoms with E-state index in [2.05, 4.69) is 11.4 Å². The van der Waals surface area contributed by atoms with E-state index in [1.807, 2.05) is 40.1 Å². The number of benzene rings is 1. The molecule has 3 amide bonds. The van der Waals surface area contributed by atoms with Gasteiger partial charge in [-0.2, -0.15) is 5.26 Å². The Balaban J connectivity index is 1.06. The summed E-state index contributed by atoms with van der Waals surface area (Å²) in [5.74, 6) is 1.30. The highest BCUT2D eigenvalue weighted by atomic mass is 16.3. The molecule has 36 heavy (non-hydrogen) atoms. The van der Waals surface area contributed by atoms with Crippen molar-refractivity contribution >= 4 is 11.9 Å². The molecule has 2 heterocycles. The van der Waals surface area contributed by atoms with E-state index in [9.17, 15) is 20.0 Å². The average molecular weight is 491 g/mol. The third kappa shape index (κ3) is 3.98. The van der Waals surface area contributed by atoms with Crippen LogP contribution in [0.15, 0.2) is 30.3 Å². The van der Waals surface area contributed by atoms with E-state index < -0.39 is 5.41 Å². The summed E-state index contributed by atoms with van der Waals surface area (Å²) in [5, 5.41) is 23.9. The summed E-state index contributed by atoms with van der Waals surface area (Å²) in [7, 11) is 0. The lowest BCUT2D eigenvalue weighted by molar-refractivity contribution is -0.163. The van der Waals surface area contributed by atoms with Crippen molar-refractivity contribution in [3.05, 3.63) is 35.9 Å². The quantitative estimate of drug-likeness (QED) is 0.678. The third-order valence-corrected chi connectivity index (χ3v) is 10.2. The van der Waals surface area contributed by atoms with Crippen molar-refractivity contribution in [3.8, 4) is 6.07 Å². The summed E-state index contributed by atoms with van der Waals surface area (Å²) >= 11 is 0. The molecule has 7 heteroatoms. The number of hydrogen-bond acceptors (Lipinski definition) is 4. The van der Waals surface area contributed by atoms with Crippen molar-refractivity contribution in [1.82, 2.24) is 15.1 Å². The second-order valence-electron chi connectivity index (χ2n) is 12.3. The zero-order valence-electron chi connectivity index (χ0n) is 21.1. The summed E-state index contributed by atoms with van der Waals surface area (Å²) in [4.78, 5) is 30.8. The van der Waals surface area contributed by atoms with Crippen molar-refractivity contribution < 1.29 is 14.7 Å². The van der Waals surface area contributed by atoms with Gasteiger partial charge < -0.3 is 20.2 Å². The number of amides is 3. The van der Waals surface area contributed by atoms with E-state index in [0.717, 1.165) is 50.5 Å². The zero-order valence-corrected chi connectivity index (χ0v) is 21.1. The summed E-state index contributed by atoms with van der Waals surface area (Å²) in [6, 6.07) is 12.5. The van der Waals surface area contributed by atoms with Gasteiger partial charge in [-0.15, -0.1) is 0 Å². The molecule has 0 aromatic heterocycles. The zero-order chi connectivity index (χ0) is 24.9. The van der Waals surface area contributed by atoms with Gasteiger partial charge in [-0.3, -0.25) is 4.79 Å². The molecule has 2 unspecified atom stereocenters. The Morgan fingerprint density at radius 1 is 1.00 bits per heavy atom. The Labute approximate surface area is 213 Å². The predicted octanol–water partition coefficient (Wildman–Crippen LogP) is 3.43. The number of carbonyl (C=O) groups excluding carboxylic acids is 2. The minimum atomic E-state index is -0.526. The van der Waals surface area contributed by atoms with Crippen molar-refractivity contribution in [2.75, 3.05) is 26.2 Å². The number of piperidine rings is 2. The fraction of sp³-hybridized carbons (Fsp3) is 0.690. The molecule has 7 rings (SSSR count). The summed E-state index contributed by atoms with van der Waals surface area (Å²) in [5.41, 5.74) is 0.201. The summed E-state index contributed by atoms with van der Waals surface area (Å²) in [6.45, 7) is 2.42. The van der Waals surface area contributed by atoms with Gasteiger partial charge in [0.15, 0.2) is 0 Å². The van der Waals surface area contributed by atoms with Crippen LogP contribution in [0.4, 0.5) is 4.79 Å². The second-order valence-corrected chi connectivity index (χ2v) is 12.3. The van der Waals surface area contributed by atoms with E-state index in [-0.39, 0.29) is 41.3 Å². The van der Waals surface area contributed by atoms with Crippen molar-refractivity contribution in [3.63, 3.8) is 0 Å². The number of aliphatic hydroxyl groups excluding tert-OH is 1. The van der Waals surface area contributed by atoms with Gasteiger partial charge in [0.25, 0.3) is 0 Å². The fourth-order valence-electron chi connectivity index (χ4n) is 8.38. The first kappa shape index (κ1) is 23.8. The fourth-order valence-corrected chi connectivity index (χ4v) is 8.38. The molecule has 2 saturated heterocycles. The molecular weight excluding hydrogens is 452 g/mol. The largest absolute Gasteiger partial charge is 0.393 e. The van der Waals surface area contributed by atoms with Crippen LogP contribution in [0.5, 0.6) is 0 Å². The van der Waals surface area contributed by atoms with Crippen LogP contribution >= 0.6 is 0 Å². The van der Waals surface area contributed by atoms with Crippen LogP contribution in [0.25, 0.3) is 0 Å². The van der Waals surface area contributed by atoms with Gasteiger partial charge in [0, 0.05) is 32.2 Å². The summed E-state index contributed by atoms with van der Waals surface area (Å²) in [6.07, 6.45) is 7.59. The Kier molecular flexibility index (Phi) is 5.99. The molecule has 6 aliphatic rings. The molecule has 2 aliphatic heterocycles. The van der Waals surface area contributed by atoms with E-state index in [4.69, 9.17) is 0 Å². The first-order valence-corrected chi connectivity index (χ1v) is 13.9. The van der Waals surface area contributed by atoms with E-state index in [0.29, 0.717) is 44.9 Å². The van der Waals surface area contributed by atoms with Crippen molar-refractivity contribution in [1.29, 1.82) is 5.26 Å². The highest BCUT2D eigenvalue weighted by Gasteiger charge is 2.58. The van der Waals surface area contributed by atoms with Gasteiger partial charge in [0.1, 0.15) is 0 Å². The third-order valence-electron chi connectivity index (χ3n) is 10.2. The highest BCUT2D eigenvalue weighted by Crippen LogP contribution is 2.60. The van der Waals surface area contributed by atoms with E-state index in [1.165, 1.54) is 0 Å². The lowest BCUT2D eigenvalue weighted by Gasteiger charge is -2.58. The van der Waals surface area contributed by atoms with Crippen LogP contribution in [0, 0.1) is 34.5 Å². The number of aliphatic hydroxyl groups is 1. The maximum atomic E-state index is 13.6. The molecule has 4 saturated carbocycles. The molecule has 1 aromatic carbocycles. The molecule has 0 spiro atoms. The Hall–Kier alpha value is -2.59. The standard InChI is InChI=1S/C29H38N4O3/c30-19-28(23-5-2-1-3-6-23)8-11-32(12-9-28)27(36)33-10-4-7-24(18-33)31-26(35)29-15-20-13-21(16-29)25(34)22(14-20)17-29/h1-3,5-6,20-22,24-25,34H,4,7-18H2,(H,31,35)/t20?,21?,22?,24-,25?,29?/m0/s1. The molecule has 0 radical (unpaired) electrons. The normalized spacial score (nSPS) is 36.8. The lowest BCUT2D eigenvalue weighted by atomic mass is 9.48. The van der Waals surface area contributed by atoms with E-state index in [1.54, 1.807) is 0 Å². The van der Waals surface area contributed by atoms with Gasteiger partial charge in [0.2, 0.25) is 5.91 Å². The van der Waals surface area contributed by atoms with Crippen LogP contribution in [-0.4, -0.2) is 65.2 Å². The molecule has 3 atom stereocenters. The molecule has 192 valence electrons. The number of carbonyl (C=O) groups is 2. The van der Waals surface area contributed by atoms with Gasteiger partial charge >= 0.3 is 6.03 Å². The van der Waals surface area contributed by atoms with Crippen LogP contribution < -0.4 is 5.32 Å². The maximum Gasteiger partial charge on any atom is 0.320 e. The molecular formula is C29H38N4O3. The van der Waals surface area contributed by atoms with Crippen LogP contribution in [-0.2, 0) is 10.2 Å². The number of nitriles is 1. The number of hydrogen-bond donors (Lipinski definition) is 2. The second kappa shape index (κ2) is 9.06. The maximum absolute atomic E-state index is 13.6. The van der Waals surface area contributed by atoms with Gasteiger partial charge in [-0.25, -0.2) is 4.79 Å². The Morgan fingerprint density at radius 2 is 1.69 bits per heavy atom. The minimum Gasteiger partial charge on any atom is -0.393 e. The van der Waals surface area contributed by atoms with Crippen molar-refractivity contribution in [2.45, 2.75) is 75.3 Å². The lowest BCUT2D eigenvalue weighted by Crippen LogP contribution is -2.61. The molecule has 2 N–H and O–H groups in total. The topological polar surface area (TPSA) is 96.7 Å². The van der Waals surface area contributed by atoms with Crippen LogP contribution in [0.2, 0.25) is 0 Å².